The fraction of sp³-hybridized carbons (Fsp3) is 0.657. The molecule has 0 bridgehead atoms. The summed E-state index contributed by atoms with van der Waals surface area (Å²) >= 11 is 0. The molecule has 1 rings (SSSR count). The van der Waals surface area contributed by atoms with E-state index in [-0.39, 0.29) is 69.6 Å². The van der Waals surface area contributed by atoms with Gasteiger partial charge in [-0.2, -0.15) is 0 Å². The Balaban J connectivity index is 3.27. The number of amides is 8. The van der Waals surface area contributed by atoms with Crippen molar-refractivity contribution in [2.75, 3.05) is 26.2 Å². The van der Waals surface area contributed by atoms with E-state index in [0.29, 0.717) is 6.42 Å². The predicted octanol–water partition coefficient (Wildman–Crippen LogP) is -6.52. The predicted molar refractivity (Wildman–Crippen MR) is 218 cm³/mol. The minimum absolute atomic E-state index is 0.00681. The number of aliphatic carboxylic acids is 2. The van der Waals surface area contributed by atoms with Crippen LogP contribution in [0.15, 0.2) is 0 Å². The Bertz CT molecular complexity index is 1680. The largest absolute Gasteiger partial charge is 0.481 e. The molecule has 0 aromatic heterocycles. The second kappa shape index (κ2) is 26.4. The zero-order chi connectivity index (χ0) is 47.3. The van der Waals surface area contributed by atoms with Crippen LogP contribution in [0.5, 0.6) is 0 Å². The van der Waals surface area contributed by atoms with E-state index in [9.17, 15) is 53.1 Å². The molecule has 1 saturated heterocycles. The number of likely N-dealkylation sites (tertiary alicyclic amines) is 1. The Morgan fingerprint density at radius 2 is 1.13 bits per heavy atom. The highest BCUT2D eigenvalue weighted by Crippen LogP contribution is 2.20. The van der Waals surface area contributed by atoms with Crippen molar-refractivity contribution in [3.8, 4) is 0 Å². The average Bonchev–Trinajstić information content (AvgIpc) is 3.67. The van der Waals surface area contributed by atoms with E-state index in [4.69, 9.17) is 38.9 Å². The van der Waals surface area contributed by atoms with E-state index < -0.39 is 121 Å². The highest BCUT2D eigenvalue weighted by Gasteiger charge is 2.39. The van der Waals surface area contributed by atoms with Crippen molar-refractivity contribution in [1.82, 2.24) is 47.4 Å². The number of hydrogen-bond acceptors (Lipinski definition) is 13. The van der Waals surface area contributed by atoms with Gasteiger partial charge in [0.15, 0.2) is 11.9 Å². The lowest BCUT2D eigenvalue weighted by atomic mass is 10.0. The summed E-state index contributed by atoms with van der Waals surface area (Å²) in [4.78, 5) is 129. The van der Waals surface area contributed by atoms with E-state index in [2.05, 4.69) is 42.5 Å². The summed E-state index contributed by atoms with van der Waals surface area (Å²) in [7, 11) is 0. The van der Waals surface area contributed by atoms with Crippen molar-refractivity contribution in [2.45, 2.75) is 114 Å². The molecule has 1 fully saturated rings. The van der Waals surface area contributed by atoms with Crippen LogP contribution in [0.3, 0.4) is 0 Å². The van der Waals surface area contributed by atoms with Gasteiger partial charge in [-0.05, 0) is 51.4 Å². The number of carbonyl (C=O) groups excluding carboxylic acids is 8. The quantitative estimate of drug-likeness (QED) is 0.0207. The molecule has 0 spiro atoms. The average molecular weight is 884 g/mol. The molecular weight excluding hydrogens is 822 g/mol. The number of carboxylic acids is 2. The van der Waals surface area contributed by atoms with Gasteiger partial charge in [0.25, 0.3) is 0 Å². The van der Waals surface area contributed by atoms with Crippen LogP contribution >= 0.6 is 0 Å². The van der Waals surface area contributed by atoms with Crippen LogP contribution in [-0.2, 0) is 47.9 Å². The maximum Gasteiger partial charge on any atom is 0.322 e. The Morgan fingerprint density at radius 3 is 1.63 bits per heavy atom. The molecule has 0 saturated carbocycles. The van der Waals surface area contributed by atoms with Crippen molar-refractivity contribution in [2.24, 2.45) is 28.9 Å². The summed E-state index contributed by atoms with van der Waals surface area (Å²) < 4.78 is 0. The molecule has 1 aliphatic heterocycles. The molecule has 1 heterocycles. The maximum atomic E-state index is 13.8. The number of primary amides is 1. The Kier molecular flexibility index (Phi) is 22.7. The van der Waals surface area contributed by atoms with Crippen LogP contribution in [0.2, 0.25) is 0 Å². The van der Waals surface area contributed by atoms with Crippen LogP contribution < -0.4 is 65.5 Å². The number of nitrogens with zero attached hydrogens (tertiary/aromatic N) is 1. The maximum absolute atomic E-state index is 13.8. The van der Waals surface area contributed by atoms with Crippen molar-refractivity contribution < 1.29 is 58.2 Å². The van der Waals surface area contributed by atoms with Gasteiger partial charge in [-0.3, -0.25) is 58.8 Å². The van der Waals surface area contributed by atoms with Crippen LogP contribution in [0.25, 0.3) is 0 Å². The Labute approximate surface area is 356 Å². The molecule has 0 radical (unpaired) electrons. The number of guanidine groups is 2. The monoisotopic (exact) mass is 883 g/mol. The third-order valence-corrected chi connectivity index (χ3v) is 9.29. The molecule has 0 aliphatic carbocycles. The van der Waals surface area contributed by atoms with Gasteiger partial charge in [0.1, 0.15) is 42.8 Å². The summed E-state index contributed by atoms with van der Waals surface area (Å²) in [5.41, 5.74) is 21.9. The van der Waals surface area contributed by atoms with E-state index >= 15 is 0 Å². The van der Waals surface area contributed by atoms with E-state index in [0.717, 1.165) is 4.90 Å². The van der Waals surface area contributed by atoms with Crippen LogP contribution in [0.1, 0.15) is 72.1 Å². The number of rotatable bonds is 27. The normalized spacial score (nSPS) is 16.1. The van der Waals surface area contributed by atoms with Gasteiger partial charge < -0.3 is 80.6 Å². The minimum atomic E-state index is -1.91. The number of nitrogens with two attached hydrogens (primary N) is 4. The molecule has 20 N–H and O–H groups in total. The van der Waals surface area contributed by atoms with E-state index in [1.165, 1.54) is 6.92 Å². The third kappa shape index (κ3) is 19.5. The molecule has 27 nitrogen and oxygen atoms in total. The number of carbonyl (C=O) groups is 10. The lowest BCUT2D eigenvalue weighted by molar-refractivity contribution is -0.143. The van der Waals surface area contributed by atoms with Crippen LogP contribution in [-0.4, -0.2) is 155 Å². The lowest BCUT2D eigenvalue weighted by Gasteiger charge is -2.30. The zero-order valence-electron chi connectivity index (χ0n) is 34.8. The van der Waals surface area contributed by atoms with Gasteiger partial charge in [-0.1, -0.05) is 13.8 Å². The Hall–Kier alpha value is -6.80. The van der Waals surface area contributed by atoms with Crippen molar-refractivity contribution >= 4 is 71.1 Å². The Morgan fingerprint density at radius 1 is 0.645 bits per heavy atom. The molecular formula is C35H61N15O12. The molecule has 348 valence electrons. The summed E-state index contributed by atoms with van der Waals surface area (Å²) in [6.07, 6.45) is -1.18. The molecule has 1 aliphatic rings. The van der Waals surface area contributed by atoms with Gasteiger partial charge in [-0.15, -0.1) is 0 Å². The molecule has 7 atom stereocenters. The fourth-order valence-corrected chi connectivity index (χ4v) is 5.95. The smallest absolute Gasteiger partial charge is 0.322 e. The van der Waals surface area contributed by atoms with Gasteiger partial charge >= 0.3 is 11.9 Å². The number of nitrogens with one attached hydrogen (secondary N) is 10. The van der Waals surface area contributed by atoms with E-state index in [1.807, 2.05) is 0 Å². The van der Waals surface area contributed by atoms with Crippen LogP contribution in [0, 0.1) is 16.7 Å². The van der Waals surface area contributed by atoms with Gasteiger partial charge in [0.05, 0.1) is 18.9 Å². The van der Waals surface area contributed by atoms with Gasteiger partial charge in [0, 0.05) is 19.6 Å². The fourth-order valence-electron chi connectivity index (χ4n) is 5.95. The molecule has 0 unspecified atom stereocenters. The topological polar surface area (TPSA) is 462 Å². The van der Waals surface area contributed by atoms with Crippen molar-refractivity contribution in [3.63, 3.8) is 0 Å². The second-order valence-electron chi connectivity index (χ2n) is 14.8. The molecule has 0 aromatic carbocycles. The first-order valence-corrected chi connectivity index (χ1v) is 19.7. The third-order valence-electron chi connectivity index (χ3n) is 9.29. The summed E-state index contributed by atoms with van der Waals surface area (Å²) in [6.45, 7) is 4.14. The minimum Gasteiger partial charge on any atom is -0.481 e. The molecule has 27 heteroatoms. The molecule has 0 aromatic rings. The number of hydrogen-bond donors (Lipinski definition) is 16. The van der Waals surface area contributed by atoms with Gasteiger partial charge in [-0.25, -0.2) is 0 Å². The van der Waals surface area contributed by atoms with Crippen molar-refractivity contribution in [1.29, 1.82) is 10.8 Å². The second-order valence-corrected chi connectivity index (χ2v) is 14.8. The van der Waals surface area contributed by atoms with Crippen LogP contribution in [0.4, 0.5) is 0 Å². The summed E-state index contributed by atoms with van der Waals surface area (Å²) in [6, 6.07) is -9.93. The SMILES string of the molecule is CC(C)[C@H](N)C(=O)N[C@@H](CCCNC(=N)N)C(=O)N[C@@H](C)C(=O)N[C@@H](CC(=O)O)C(=O)N[C@@H](CC(N)=O)C(=O)N[C@@H](CCCNC(=N)N)C(=O)N1CCC[C@H]1C(=O)NCC(=O)O. The highest BCUT2D eigenvalue weighted by molar-refractivity contribution is 5.99. The first kappa shape index (κ1) is 53.2. The highest BCUT2D eigenvalue weighted by atomic mass is 16.4. The van der Waals surface area contributed by atoms with E-state index in [1.54, 1.807) is 13.8 Å². The summed E-state index contributed by atoms with van der Waals surface area (Å²) in [5, 5.41) is 52.2. The first-order chi connectivity index (χ1) is 28.9. The first-order valence-electron chi connectivity index (χ1n) is 19.7. The standard InChI is InChI=1S/C35H61N15O12/c1-16(2)26(37)32(61)46-18(7-4-10-42-34(38)39)28(57)45-17(3)27(56)48-21(14-24(52)53)30(59)49-20(13-23(36)51)29(58)47-19(8-5-11-43-35(40)41)33(62)50-12-6-9-22(50)31(60)44-15-25(54)55/h16-22,26H,4-15,37H2,1-3H3,(H2,36,51)(H,44,60)(H,45,57)(H,46,61)(H,47,58)(H,48,56)(H,49,59)(H,52,53)(H,54,55)(H4,38,39,42)(H4,40,41,43)/t17-,18-,19-,20-,21-,22-,26-/m0/s1. The molecule has 8 amide bonds. The lowest BCUT2D eigenvalue weighted by Crippen LogP contribution is -2.60. The number of carboxylic acid groups (broad SMARTS) is 2. The zero-order valence-corrected chi connectivity index (χ0v) is 34.8. The molecule has 62 heavy (non-hydrogen) atoms. The van der Waals surface area contributed by atoms with Gasteiger partial charge in [0.2, 0.25) is 47.3 Å². The van der Waals surface area contributed by atoms with Crippen molar-refractivity contribution in [3.05, 3.63) is 0 Å². The summed E-state index contributed by atoms with van der Waals surface area (Å²) in [5.74, 6) is -11.6.